The molecule has 0 aliphatic carbocycles. The molecule has 1 amide bonds. The second kappa shape index (κ2) is 8.39. The Morgan fingerprint density at radius 3 is 2.35 bits per heavy atom. The molecule has 2 heterocycles. The molecule has 0 radical (unpaired) electrons. The number of hydrogen-bond acceptors (Lipinski definition) is 8. The number of fused-ring (bicyclic) bond motifs is 1. The fraction of sp³-hybridized carbons (Fsp3) is 0.227. The van der Waals surface area contributed by atoms with E-state index in [2.05, 4.69) is 15.5 Å². The van der Waals surface area contributed by atoms with Gasteiger partial charge >= 0.3 is 11.8 Å². The second-order valence-electron chi connectivity index (χ2n) is 6.68. The Morgan fingerprint density at radius 2 is 1.71 bits per heavy atom. The van der Waals surface area contributed by atoms with Gasteiger partial charge in [0.05, 0.1) is 21.3 Å². The first kappa shape index (κ1) is 20.3. The SMILES string of the molecule is COc1cc(CNC(=O)c2nnc(-c3oc4ccccc4c3C)o2)cc(OC)c1OC. The third-order valence-corrected chi connectivity index (χ3v) is 4.83. The van der Waals surface area contributed by atoms with Crippen molar-refractivity contribution in [1.29, 1.82) is 0 Å². The number of nitrogens with zero attached hydrogens (tertiary/aromatic N) is 2. The Hall–Kier alpha value is -4.01. The van der Waals surface area contributed by atoms with Gasteiger partial charge in [0.1, 0.15) is 5.58 Å². The minimum absolute atomic E-state index is 0.145. The van der Waals surface area contributed by atoms with Crippen molar-refractivity contribution >= 4 is 16.9 Å². The highest BCUT2D eigenvalue weighted by molar-refractivity contribution is 5.90. The molecule has 0 aliphatic rings. The first-order chi connectivity index (χ1) is 15.0. The maximum absolute atomic E-state index is 12.5. The van der Waals surface area contributed by atoms with Crippen molar-refractivity contribution in [2.24, 2.45) is 0 Å². The van der Waals surface area contributed by atoms with Crippen LogP contribution in [0.5, 0.6) is 17.2 Å². The summed E-state index contributed by atoms with van der Waals surface area (Å²) in [6, 6.07) is 11.1. The third kappa shape index (κ3) is 3.77. The summed E-state index contributed by atoms with van der Waals surface area (Å²) in [5.74, 6) is 1.37. The summed E-state index contributed by atoms with van der Waals surface area (Å²) in [6.07, 6.45) is 0. The number of aryl methyl sites for hydroxylation is 1. The topological polar surface area (TPSA) is 109 Å². The first-order valence-corrected chi connectivity index (χ1v) is 9.44. The predicted octanol–water partition coefficient (Wildman–Crippen LogP) is 3.75. The summed E-state index contributed by atoms with van der Waals surface area (Å²) in [4.78, 5) is 12.5. The molecule has 0 atom stereocenters. The number of benzene rings is 2. The standard InChI is InChI=1S/C22H21N3O6/c1-12-14-7-5-6-8-15(14)30-18(12)21-24-25-22(31-21)20(26)23-11-13-9-16(27-2)19(29-4)17(10-13)28-3/h5-10H,11H2,1-4H3,(H,23,26). The third-order valence-electron chi connectivity index (χ3n) is 4.83. The van der Waals surface area contributed by atoms with Crippen LogP contribution in [0.3, 0.4) is 0 Å². The highest BCUT2D eigenvalue weighted by atomic mass is 16.5. The quantitative estimate of drug-likeness (QED) is 0.479. The van der Waals surface area contributed by atoms with Gasteiger partial charge < -0.3 is 28.4 Å². The number of rotatable bonds is 7. The van der Waals surface area contributed by atoms with E-state index in [1.807, 2.05) is 31.2 Å². The fourth-order valence-corrected chi connectivity index (χ4v) is 3.28. The Labute approximate surface area is 177 Å². The van der Waals surface area contributed by atoms with E-state index in [0.717, 1.165) is 16.5 Å². The summed E-state index contributed by atoms with van der Waals surface area (Å²) in [7, 11) is 4.58. The fourth-order valence-electron chi connectivity index (χ4n) is 3.28. The Kier molecular flexibility index (Phi) is 5.48. The summed E-state index contributed by atoms with van der Waals surface area (Å²) < 4.78 is 27.3. The number of furan rings is 1. The van der Waals surface area contributed by atoms with E-state index < -0.39 is 5.91 Å². The smallest absolute Gasteiger partial charge is 0.309 e. The van der Waals surface area contributed by atoms with Crippen molar-refractivity contribution in [1.82, 2.24) is 15.5 Å². The average molecular weight is 423 g/mol. The van der Waals surface area contributed by atoms with E-state index >= 15 is 0 Å². The summed E-state index contributed by atoms with van der Waals surface area (Å²) in [5.41, 5.74) is 2.32. The van der Waals surface area contributed by atoms with E-state index in [1.165, 1.54) is 21.3 Å². The van der Waals surface area contributed by atoms with Gasteiger partial charge in [0.2, 0.25) is 5.75 Å². The summed E-state index contributed by atoms with van der Waals surface area (Å²) in [5, 5.41) is 11.5. The zero-order valence-electron chi connectivity index (χ0n) is 17.5. The molecular weight excluding hydrogens is 402 g/mol. The number of ether oxygens (including phenoxy) is 3. The molecule has 0 fully saturated rings. The van der Waals surface area contributed by atoms with Gasteiger partial charge in [-0.2, -0.15) is 0 Å². The van der Waals surface area contributed by atoms with Crippen LogP contribution in [0, 0.1) is 6.92 Å². The zero-order valence-corrected chi connectivity index (χ0v) is 17.5. The van der Waals surface area contributed by atoms with Gasteiger partial charge in [-0.15, -0.1) is 10.2 Å². The number of hydrogen-bond donors (Lipinski definition) is 1. The van der Waals surface area contributed by atoms with Crippen molar-refractivity contribution in [2.45, 2.75) is 13.5 Å². The first-order valence-electron chi connectivity index (χ1n) is 9.44. The minimum Gasteiger partial charge on any atom is -0.493 e. The number of para-hydroxylation sites is 1. The Bertz CT molecular complexity index is 1220. The maximum atomic E-state index is 12.5. The molecule has 0 spiro atoms. The lowest BCUT2D eigenvalue weighted by Gasteiger charge is -2.14. The van der Waals surface area contributed by atoms with Crippen LogP contribution in [0.15, 0.2) is 45.2 Å². The molecule has 1 N–H and O–H groups in total. The van der Waals surface area contributed by atoms with Crippen molar-refractivity contribution < 1.29 is 27.8 Å². The van der Waals surface area contributed by atoms with Crippen LogP contribution in [0.4, 0.5) is 0 Å². The number of nitrogens with one attached hydrogen (secondary N) is 1. The summed E-state index contributed by atoms with van der Waals surface area (Å²) >= 11 is 0. The van der Waals surface area contributed by atoms with Gasteiger partial charge in [-0.05, 0) is 30.7 Å². The molecule has 0 saturated carbocycles. The number of carbonyl (C=O) groups excluding carboxylic acids is 1. The van der Waals surface area contributed by atoms with Gasteiger partial charge in [-0.25, -0.2) is 0 Å². The van der Waals surface area contributed by atoms with Crippen LogP contribution >= 0.6 is 0 Å². The molecule has 2 aromatic carbocycles. The lowest BCUT2D eigenvalue weighted by Crippen LogP contribution is -2.23. The van der Waals surface area contributed by atoms with Crippen LogP contribution in [0.25, 0.3) is 22.6 Å². The summed E-state index contributed by atoms with van der Waals surface area (Å²) in [6.45, 7) is 2.09. The van der Waals surface area contributed by atoms with E-state index in [1.54, 1.807) is 12.1 Å². The van der Waals surface area contributed by atoms with Crippen LogP contribution in [-0.4, -0.2) is 37.4 Å². The predicted molar refractivity (Wildman–Crippen MR) is 112 cm³/mol. The Morgan fingerprint density at radius 1 is 1.00 bits per heavy atom. The molecular formula is C22H21N3O6. The molecule has 160 valence electrons. The second-order valence-corrected chi connectivity index (χ2v) is 6.68. The van der Waals surface area contributed by atoms with Gasteiger partial charge in [-0.1, -0.05) is 18.2 Å². The number of amides is 1. The normalized spacial score (nSPS) is 10.8. The number of aromatic nitrogens is 2. The van der Waals surface area contributed by atoms with Crippen LogP contribution in [0.1, 0.15) is 21.8 Å². The van der Waals surface area contributed by atoms with E-state index in [9.17, 15) is 4.79 Å². The molecule has 0 bridgehead atoms. The lowest BCUT2D eigenvalue weighted by molar-refractivity contribution is 0.0916. The largest absolute Gasteiger partial charge is 0.493 e. The van der Waals surface area contributed by atoms with E-state index in [4.69, 9.17) is 23.0 Å². The maximum Gasteiger partial charge on any atom is 0.309 e. The highest BCUT2D eigenvalue weighted by Crippen LogP contribution is 2.38. The van der Waals surface area contributed by atoms with Crippen molar-refractivity contribution in [2.75, 3.05) is 21.3 Å². The van der Waals surface area contributed by atoms with Crippen LogP contribution in [0.2, 0.25) is 0 Å². The molecule has 31 heavy (non-hydrogen) atoms. The van der Waals surface area contributed by atoms with Gasteiger partial charge in [0.25, 0.3) is 5.89 Å². The van der Waals surface area contributed by atoms with Crippen molar-refractivity contribution in [3.63, 3.8) is 0 Å². The molecule has 0 unspecified atom stereocenters. The monoisotopic (exact) mass is 423 g/mol. The van der Waals surface area contributed by atoms with Gasteiger partial charge in [-0.3, -0.25) is 4.79 Å². The molecule has 4 aromatic rings. The van der Waals surface area contributed by atoms with E-state index in [-0.39, 0.29) is 18.3 Å². The van der Waals surface area contributed by atoms with Gasteiger partial charge in [0.15, 0.2) is 17.3 Å². The van der Waals surface area contributed by atoms with Crippen LogP contribution in [-0.2, 0) is 6.54 Å². The van der Waals surface area contributed by atoms with E-state index in [0.29, 0.717) is 28.6 Å². The Balaban J connectivity index is 1.51. The zero-order chi connectivity index (χ0) is 22.0. The molecule has 2 aromatic heterocycles. The number of methoxy groups -OCH3 is 3. The average Bonchev–Trinajstić information content (AvgIpc) is 3.42. The highest BCUT2D eigenvalue weighted by Gasteiger charge is 2.21. The van der Waals surface area contributed by atoms with Crippen LogP contribution < -0.4 is 19.5 Å². The van der Waals surface area contributed by atoms with Crippen molar-refractivity contribution in [3.8, 4) is 28.9 Å². The molecule has 0 aliphatic heterocycles. The molecule has 4 rings (SSSR count). The minimum atomic E-state index is -0.513. The van der Waals surface area contributed by atoms with Crippen molar-refractivity contribution in [3.05, 3.63) is 53.4 Å². The number of carbonyl (C=O) groups is 1. The molecule has 9 nitrogen and oxygen atoms in total. The molecule has 0 saturated heterocycles. The lowest BCUT2D eigenvalue weighted by atomic mass is 10.1. The molecule has 9 heteroatoms. The van der Waals surface area contributed by atoms with Gasteiger partial charge in [0, 0.05) is 17.5 Å².